The Morgan fingerprint density at radius 1 is 1.05 bits per heavy atom. The van der Waals surface area contributed by atoms with E-state index in [-0.39, 0.29) is 5.82 Å². The Bertz CT molecular complexity index is 540. The van der Waals surface area contributed by atoms with Gasteiger partial charge in [-0.2, -0.15) is 0 Å². The molecule has 2 aromatic carbocycles. The van der Waals surface area contributed by atoms with Crippen LogP contribution in [-0.4, -0.2) is 13.7 Å². The molecule has 0 aliphatic carbocycles. The summed E-state index contributed by atoms with van der Waals surface area (Å²) in [5.41, 5.74) is 5.99. The summed E-state index contributed by atoms with van der Waals surface area (Å²) in [6.45, 7) is 0.375. The van der Waals surface area contributed by atoms with Gasteiger partial charge in [0.2, 0.25) is 0 Å². The molecule has 0 bridgehead atoms. The molecule has 0 saturated carbocycles. The highest BCUT2D eigenvalue weighted by molar-refractivity contribution is 5.40. The first kappa shape index (κ1) is 13.4. The topological polar surface area (TPSA) is 44.5 Å². The van der Waals surface area contributed by atoms with Gasteiger partial charge in [-0.3, -0.25) is 0 Å². The van der Waals surface area contributed by atoms with Crippen molar-refractivity contribution in [1.29, 1.82) is 0 Å². The minimum Gasteiger partial charge on any atom is -0.497 e. The quantitative estimate of drug-likeness (QED) is 0.899. The molecule has 0 aliphatic rings. The van der Waals surface area contributed by atoms with Crippen molar-refractivity contribution in [2.24, 2.45) is 5.73 Å². The standard InChI is InChI=1S/C15H16FNO2/c1-18-11-5-7-12(8-6-11)19-15-4-2-3-14(16)13(15)9-10-17/h2-8H,9-10,17H2,1H3. The van der Waals surface area contributed by atoms with Crippen LogP contribution in [0.25, 0.3) is 0 Å². The average molecular weight is 261 g/mol. The normalized spacial score (nSPS) is 10.3. The van der Waals surface area contributed by atoms with Crippen LogP contribution in [0.3, 0.4) is 0 Å². The molecule has 100 valence electrons. The molecule has 3 nitrogen and oxygen atoms in total. The molecule has 0 radical (unpaired) electrons. The highest BCUT2D eigenvalue weighted by Crippen LogP contribution is 2.28. The lowest BCUT2D eigenvalue weighted by Gasteiger charge is -2.11. The second kappa shape index (κ2) is 6.20. The summed E-state index contributed by atoms with van der Waals surface area (Å²) in [6, 6.07) is 11.9. The average Bonchev–Trinajstić information content (AvgIpc) is 2.43. The maximum Gasteiger partial charge on any atom is 0.133 e. The number of ether oxygens (including phenoxy) is 2. The van der Waals surface area contributed by atoms with Gasteiger partial charge >= 0.3 is 0 Å². The highest BCUT2D eigenvalue weighted by Gasteiger charge is 2.09. The van der Waals surface area contributed by atoms with Crippen LogP contribution >= 0.6 is 0 Å². The lowest BCUT2D eigenvalue weighted by molar-refractivity contribution is 0.412. The summed E-state index contributed by atoms with van der Waals surface area (Å²) in [4.78, 5) is 0. The van der Waals surface area contributed by atoms with E-state index in [0.29, 0.717) is 30.0 Å². The van der Waals surface area contributed by atoms with Gasteiger partial charge in [0, 0.05) is 5.56 Å². The van der Waals surface area contributed by atoms with Crippen LogP contribution in [-0.2, 0) is 6.42 Å². The summed E-state index contributed by atoms with van der Waals surface area (Å²) in [5, 5.41) is 0. The molecule has 0 aliphatic heterocycles. The van der Waals surface area contributed by atoms with Crippen molar-refractivity contribution in [2.75, 3.05) is 13.7 Å². The van der Waals surface area contributed by atoms with E-state index in [9.17, 15) is 4.39 Å². The number of hydrogen-bond acceptors (Lipinski definition) is 3. The van der Waals surface area contributed by atoms with E-state index in [1.807, 2.05) is 0 Å². The van der Waals surface area contributed by atoms with Crippen molar-refractivity contribution in [3.8, 4) is 17.2 Å². The number of methoxy groups -OCH3 is 1. The fourth-order valence-electron chi connectivity index (χ4n) is 1.79. The van der Waals surface area contributed by atoms with Crippen LogP contribution < -0.4 is 15.2 Å². The van der Waals surface area contributed by atoms with Crippen LogP contribution in [0.15, 0.2) is 42.5 Å². The zero-order valence-electron chi connectivity index (χ0n) is 10.7. The molecular formula is C15H16FNO2. The van der Waals surface area contributed by atoms with E-state index in [1.165, 1.54) is 6.07 Å². The summed E-state index contributed by atoms with van der Waals surface area (Å²) < 4.78 is 24.5. The Morgan fingerprint density at radius 3 is 2.37 bits per heavy atom. The van der Waals surface area contributed by atoms with E-state index in [2.05, 4.69) is 0 Å². The van der Waals surface area contributed by atoms with E-state index < -0.39 is 0 Å². The third kappa shape index (κ3) is 3.23. The highest BCUT2D eigenvalue weighted by atomic mass is 19.1. The molecule has 2 aromatic rings. The first-order chi connectivity index (χ1) is 9.24. The Balaban J connectivity index is 2.24. The predicted octanol–water partition coefficient (Wildman–Crippen LogP) is 3.13. The third-order valence-corrected chi connectivity index (χ3v) is 2.76. The van der Waals surface area contributed by atoms with Gasteiger partial charge in [0.15, 0.2) is 0 Å². The van der Waals surface area contributed by atoms with Crippen LogP contribution in [0, 0.1) is 5.82 Å². The van der Waals surface area contributed by atoms with Gasteiger partial charge in [-0.05, 0) is 49.4 Å². The molecule has 0 heterocycles. The molecule has 0 unspecified atom stereocenters. The van der Waals surface area contributed by atoms with Gasteiger partial charge in [0.05, 0.1) is 7.11 Å². The molecular weight excluding hydrogens is 245 g/mol. The maximum absolute atomic E-state index is 13.7. The van der Waals surface area contributed by atoms with E-state index in [4.69, 9.17) is 15.2 Å². The van der Waals surface area contributed by atoms with Crippen LogP contribution in [0.5, 0.6) is 17.2 Å². The summed E-state index contributed by atoms with van der Waals surface area (Å²) in [5.74, 6) is 1.57. The van der Waals surface area contributed by atoms with E-state index in [0.717, 1.165) is 5.75 Å². The smallest absolute Gasteiger partial charge is 0.133 e. The first-order valence-electron chi connectivity index (χ1n) is 6.04. The molecule has 0 aromatic heterocycles. The minimum atomic E-state index is -0.295. The molecule has 0 amide bonds. The summed E-state index contributed by atoms with van der Waals surface area (Å²) in [7, 11) is 1.60. The van der Waals surface area contributed by atoms with Gasteiger partial charge in [-0.1, -0.05) is 6.07 Å². The van der Waals surface area contributed by atoms with Gasteiger partial charge in [-0.25, -0.2) is 4.39 Å². The van der Waals surface area contributed by atoms with Gasteiger partial charge in [-0.15, -0.1) is 0 Å². The SMILES string of the molecule is COc1ccc(Oc2cccc(F)c2CCN)cc1. The Hall–Kier alpha value is -2.07. The predicted molar refractivity (Wildman–Crippen MR) is 72.2 cm³/mol. The molecule has 2 rings (SSSR count). The van der Waals surface area contributed by atoms with Crippen LogP contribution in [0.2, 0.25) is 0 Å². The molecule has 4 heteroatoms. The number of hydrogen-bond donors (Lipinski definition) is 1. The van der Waals surface area contributed by atoms with Crippen molar-refractivity contribution >= 4 is 0 Å². The Morgan fingerprint density at radius 2 is 1.74 bits per heavy atom. The third-order valence-electron chi connectivity index (χ3n) is 2.76. The lowest BCUT2D eigenvalue weighted by Crippen LogP contribution is -2.06. The number of halogens is 1. The fourth-order valence-corrected chi connectivity index (χ4v) is 1.79. The molecule has 0 atom stereocenters. The van der Waals surface area contributed by atoms with Gasteiger partial charge in [0.1, 0.15) is 23.1 Å². The second-order valence-corrected chi connectivity index (χ2v) is 4.03. The van der Waals surface area contributed by atoms with Crippen LogP contribution in [0.1, 0.15) is 5.56 Å². The fraction of sp³-hybridized carbons (Fsp3) is 0.200. The first-order valence-corrected chi connectivity index (χ1v) is 6.04. The molecule has 0 spiro atoms. The van der Waals surface area contributed by atoms with Gasteiger partial charge < -0.3 is 15.2 Å². The molecule has 2 N–H and O–H groups in total. The number of rotatable bonds is 5. The maximum atomic E-state index is 13.7. The lowest BCUT2D eigenvalue weighted by atomic mass is 10.1. The number of benzene rings is 2. The zero-order chi connectivity index (χ0) is 13.7. The second-order valence-electron chi connectivity index (χ2n) is 4.03. The monoisotopic (exact) mass is 261 g/mol. The summed E-state index contributed by atoms with van der Waals surface area (Å²) in [6.07, 6.45) is 0.443. The Labute approximate surface area is 111 Å². The van der Waals surface area contributed by atoms with E-state index >= 15 is 0 Å². The molecule has 19 heavy (non-hydrogen) atoms. The van der Waals surface area contributed by atoms with Gasteiger partial charge in [0.25, 0.3) is 0 Å². The van der Waals surface area contributed by atoms with Crippen LogP contribution in [0.4, 0.5) is 4.39 Å². The Kier molecular flexibility index (Phi) is 4.36. The zero-order valence-corrected chi connectivity index (χ0v) is 10.7. The van der Waals surface area contributed by atoms with Crippen molar-refractivity contribution in [2.45, 2.75) is 6.42 Å². The van der Waals surface area contributed by atoms with Crippen molar-refractivity contribution in [1.82, 2.24) is 0 Å². The van der Waals surface area contributed by atoms with Crippen molar-refractivity contribution in [3.05, 3.63) is 53.8 Å². The molecule has 0 fully saturated rings. The number of nitrogens with two attached hydrogens (primary N) is 1. The van der Waals surface area contributed by atoms with Crippen molar-refractivity contribution < 1.29 is 13.9 Å². The molecule has 0 saturated heterocycles. The van der Waals surface area contributed by atoms with E-state index in [1.54, 1.807) is 43.5 Å². The van der Waals surface area contributed by atoms with Crippen molar-refractivity contribution in [3.63, 3.8) is 0 Å². The summed E-state index contributed by atoms with van der Waals surface area (Å²) >= 11 is 0. The minimum absolute atomic E-state index is 0.295. The largest absolute Gasteiger partial charge is 0.497 e.